The van der Waals surface area contributed by atoms with E-state index in [1.54, 1.807) is 0 Å². The quantitative estimate of drug-likeness (QED) is 0.598. The van der Waals surface area contributed by atoms with Crippen LogP contribution in [-0.4, -0.2) is 6.67 Å². The van der Waals surface area contributed by atoms with Crippen molar-refractivity contribution in [2.75, 3.05) is 6.67 Å². The maximum absolute atomic E-state index is 13.0. The van der Waals surface area contributed by atoms with E-state index in [0.717, 1.165) is 6.07 Å². The van der Waals surface area contributed by atoms with Gasteiger partial charge in [0.1, 0.15) is 5.82 Å². The molecule has 0 aliphatic heterocycles. The number of hydrogen-bond donors (Lipinski definition) is 1. The van der Waals surface area contributed by atoms with Gasteiger partial charge in [0.05, 0.1) is 6.67 Å². The van der Waals surface area contributed by atoms with Gasteiger partial charge in [-0.3, -0.25) is 4.39 Å². The van der Waals surface area contributed by atoms with Crippen molar-refractivity contribution in [3.05, 3.63) is 35.1 Å². The number of benzene rings is 1. The zero-order valence-corrected chi connectivity index (χ0v) is 7.24. The van der Waals surface area contributed by atoms with Crippen LogP contribution in [0.4, 0.5) is 17.6 Å². The Morgan fingerprint density at radius 2 is 1.71 bits per heavy atom. The van der Waals surface area contributed by atoms with Gasteiger partial charge in [0.25, 0.3) is 0 Å². The second-order valence-corrected chi connectivity index (χ2v) is 2.84. The van der Waals surface area contributed by atoms with Crippen molar-refractivity contribution in [3.63, 3.8) is 0 Å². The number of halogens is 4. The molecule has 78 valence electrons. The Hall–Kier alpha value is -1.10. The highest BCUT2D eigenvalue weighted by Crippen LogP contribution is 2.23. The van der Waals surface area contributed by atoms with Crippen LogP contribution in [0.25, 0.3) is 0 Å². The van der Waals surface area contributed by atoms with Crippen LogP contribution in [0.2, 0.25) is 0 Å². The highest BCUT2D eigenvalue weighted by molar-refractivity contribution is 5.24. The fourth-order valence-electron chi connectivity index (χ4n) is 1.14. The zero-order chi connectivity index (χ0) is 10.7. The number of alkyl halides is 1. The van der Waals surface area contributed by atoms with Crippen LogP contribution in [0.15, 0.2) is 12.1 Å². The van der Waals surface area contributed by atoms with Gasteiger partial charge >= 0.3 is 0 Å². The topological polar surface area (TPSA) is 26.0 Å². The van der Waals surface area contributed by atoms with Crippen LogP contribution in [0.5, 0.6) is 0 Å². The third-order valence-corrected chi connectivity index (χ3v) is 1.87. The summed E-state index contributed by atoms with van der Waals surface area (Å²) < 4.78 is 50.6. The first-order valence-corrected chi connectivity index (χ1v) is 4.03. The van der Waals surface area contributed by atoms with Crippen molar-refractivity contribution in [2.45, 2.75) is 12.5 Å². The minimum Gasteiger partial charge on any atom is -0.324 e. The predicted molar refractivity (Wildman–Crippen MR) is 43.8 cm³/mol. The van der Waals surface area contributed by atoms with Gasteiger partial charge in [0.2, 0.25) is 0 Å². The molecule has 1 atom stereocenters. The summed E-state index contributed by atoms with van der Waals surface area (Å²) in [4.78, 5) is 0. The molecule has 0 aliphatic rings. The van der Waals surface area contributed by atoms with E-state index < -0.39 is 35.7 Å². The van der Waals surface area contributed by atoms with Crippen molar-refractivity contribution >= 4 is 0 Å². The van der Waals surface area contributed by atoms with Crippen molar-refractivity contribution in [1.29, 1.82) is 0 Å². The highest BCUT2D eigenvalue weighted by Gasteiger charge is 2.19. The Balaban J connectivity index is 3.11. The van der Waals surface area contributed by atoms with E-state index in [9.17, 15) is 17.6 Å². The molecule has 0 radical (unpaired) electrons. The summed E-state index contributed by atoms with van der Waals surface area (Å²) >= 11 is 0. The standard InChI is InChI=1S/C9H9F4N/c10-4-3-7(14)8-5(11)1-2-6(12)9(8)13/h1-2,7H,3-4,14H2/t7-/m1/s1. The summed E-state index contributed by atoms with van der Waals surface area (Å²) in [6.45, 7) is -0.809. The van der Waals surface area contributed by atoms with Gasteiger partial charge in [-0.25, -0.2) is 13.2 Å². The minimum atomic E-state index is -1.34. The highest BCUT2D eigenvalue weighted by atomic mass is 19.2. The van der Waals surface area contributed by atoms with E-state index in [1.165, 1.54) is 0 Å². The average molecular weight is 207 g/mol. The van der Waals surface area contributed by atoms with Gasteiger partial charge in [0, 0.05) is 11.6 Å². The predicted octanol–water partition coefficient (Wildman–Crippen LogP) is 2.46. The molecule has 1 aromatic carbocycles. The molecule has 0 heterocycles. The first kappa shape index (κ1) is 11.0. The fourth-order valence-corrected chi connectivity index (χ4v) is 1.14. The summed E-state index contributed by atoms with van der Waals surface area (Å²) in [5.74, 6) is -3.48. The molecule has 14 heavy (non-hydrogen) atoms. The number of hydrogen-bond acceptors (Lipinski definition) is 1. The van der Waals surface area contributed by atoms with Gasteiger partial charge < -0.3 is 5.73 Å². The van der Waals surface area contributed by atoms with Crippen LogP contribution < -0.4 is 5.73 Å². The summed E-state index contributed by atoms with van der Waals surface area (Å²) in [5, 5.41) is 0. The summed E-state index contributed by atoms with van der Waals surface area (Å²) in [6, 6.07) is 0.276. The molecule has 1 rings (SSSR count). The lowest BCUT2D eigenvalue weighted by Gasteiger charge is -2.12. The van der Waals surface area contributed by atoms with Gasteiger partial charge in [0.15, 0.2) is 11.6 Å². The van der Waals surface area contributed by atoms with E-state index in [0.29, 0.717) is 6.07 Å². The van der Waals surface area contributed by atoms with Crippen LogP contribution in [0, 0.1) is 17.5 Å². The Morgan fingerprint density at radius 3 is 2.29 bits per heavy atom. The lowest BCUT2D eigenvalue weighted by molar-refractivity contribution is 0.414. The van der Waals surface area contributed by atoms with Crippen molar-refractivity contribution < 1.29 is 17.6 Å². The lowest BCUT2D eigenvalue weighted by atomic mass is 10.0. The van der Waals surface area contributed by atoms with Gasteiger partial charge in [-0.2, -0.15) is 0 Å². The summed E-state index contributed by atoms with van der Waals surface area (Å²) in [6.07, 6.45) is -0.239. The lowest BCUT2D eigenvalue weighted by Crippen LogP contribution is -2.15. The van der Waals surface area contributed by atoms with E-state index in [-0.39, 0.29) is 6.42 Å². The van der Waals surface area contributed by atoms with Crippen LogP contribution in [-0.2, 0) is 0 Å². The van der Waals surface area contributed by atoms with Gasteiger partial charge in [-0.1, -0.05) is 0 Å². The summed E-state index contributed by atoms with van der Waals surface area (Å²) in [5.41, 5.74) is 4.69. The maximum Gasteiger partial charge on any atom is 0.166 e. The van der Waals surface area contributed by atoms with Crippen molar-refractivity contribution in [2.24, 2.45) is 5.73 Å². The molecule has 0 amide bonds. The second kappa shape index (κ2) is 4.41. The SMILES string of the molecule is N[C@H](CCF)c1c(F)ccc(F)c1F. The molecular weight excluding hydrogens is 198 g/mol. The molecule has 0 saturated carbocycles. The number of nitrogens with two attached hydrogens (primary N) is 1. The molecule has 1 nitrogen and oxygen atoms in total. The molecule has 0 saturated heterocycles. The molecule has 0 bridgehead atoms. The van der Waals surface area contributed by atoms with Crippen LogP contribution >= 0.6 is 0 Å². The molecule has 0 aliphatic carbocycles. The first-order valence-electron chi connectivity index (χ1n) is 4.03. The van der Waals surface area contributed by atoms with E-state index in [1.807, 2.05) is 0 Å². The van der Waals surface area contributed by atoms with Crippen LogP contribution in [0.3, 0.4) is 0 Å². The largest absolute Gasteiger partial charge is 0.324 e. The van der Waals surface area contributed by atoms with Crippen LogP contribution in [0.1, 0.15) is 18.0 Å². The summed E-state index contributed by atoms with van der Waals surface area (Å²) in [7, 11) is 0. The molecule has 0 fully saturated rings. The monoisotopic (exact) mass is 207 g/mol. The van der Waals surface area contributed by atoms with Gasteiger partial charge in [-0.05, 0) is 18.6 Å². The maximum atomic E-state index is 13.0. The second-order valence-electron chi connectivity index (χ2n) is 2.84. The zero-order valence-electron chi connectivity index (χ0n) is 7.24. The Kier molecular flexibility index (Phi) is 3.46. The van der Waals surface area contributed by atoms with Crippen molar-refractivity contribution in [3.8, 4) is 0 Å². The molecule has 5 heteroatoms. The Morgan fingerprint density at radius 1 is 1.14 bits per heavy atom. The Labute approximate surface area is 78.5 Å². The van der Waals surface area contributed by atoms with E-state index >= 15 is 0 Å². The van der Waals surface area contributed by atoms with Crippen molar-refractivity contribution in [1.82, 2.24) is 0 Å². The number of rotatable bonds is 3. The van der Waals surface area contributed by atoms with E-state index in [2.05, 4.69) is 0 Å². The third-order valence-electron chi connectivity index (χ3n) is 1.87. The molecule has 0 aromatic heterocycles. The molecule has 2 N–H and O–H groups in total. The normalized spacial score (nSPS) is 12.9. The fraction of sp³-hybridized carbons (Fsp3) is 0.333. The Bertz CT molecular complexity index is 327. The smallest absolute Gasteiger partial charge is 0.166 e. The van der Waals surface area contributed by atoms with Gasteiger partial charge in [-0.15, -0.1) is 0 Å². The molecule has 0 spiro atoms. The molecule has 1 aromatic rings. The average Bonchev–Trinajstić information content (AvgIpc) is 2.13. The molecule has 0 unspecified atom stereocenters. The van der Waals surface area contributed by atoms with E-state index in [4.69, 9.17) is 5.73 Å². The first-order chi connectivity index (χ1) is 6.57. The molecular formula is C9H9F4N. The minimum absolute atomic E-state index is 0.239. The third kappa shape index (κ3) is 2.04.